The number of carbonyl (C=O) groups is 2. The van der Waals surface area contributed by atoms with Crippen molar-refractivity contribution >= 4 is 39.8 Å². The predicted octanol–water partition coefficient (Wildman–Crippen LogP) is 4.57. The zero-order valence-electron chi connectivity index (χ0n) is 15.4. The maximum atomic E-state index is 12.9. The minimum absolute atomic E-state index is 0.337. The molecule has 0 fully saturated rings. The second-order valence-electron chi connectivity index (χ2n) is 7.15. The second-order valence-corrected chi connectivity index (χ2v) is 8.69. The van der Waals surface area contributed by atoms with E-state index in [4.69, 9.17) is 22.1 Å². The number of hydrogen-bond acceptors (Lipinski definition) is 4. The zero-order valence-corrected chi connectivity index (χ0v) is 17.0. The Balaban J connectivity index is 1.82. The van der Waals surface area contributed by atoms with E-state index in [0.717, 1.165) is 42.5 Å². The first-order valence-corrected chi connectivity index (χ1v) is 10.2. The molecule has 1 aromatic heterocycles. The summed E-state index contributed by atoms with van der Waals surface area (Å²) in [5.41, 5.74) is 5.94. The number of rotatable bonds is 5. The van der Waals surface area contributed by atoms with Crippen molar-refractivity contribution in [3.8, 4) is 5.75 Å². The van der Waals surface area contributed by atoms with Crippen LogP contribution in [0.1, 0.15) is 53.9 Å². The van der Waals surface area contributed by atoms with Crippen LogP contribution in [0.15, 0.2) is 24.3 Å². The highest BCUT2D eigenvalue weighted by Gasteiger charge is 2.32. The van der Waals surface area contributed by atoms with Crippen LogP contribution in [0.25, 0.3) is 0 Å². The number of primary amides is 1. The maximum absolute atomic E-state index is 12.9. The molecule has 0 radical (unpaired) electrons. The Morgan fingerprint density at radius 1 is 1.15 bits per heavy atom. The molecule has 0 aliphatic heterocycles. The quantitative estimate of drug-likeness (QED) is 0.714. The molecule has 27 heavy (non-hydrogen) atoms. The summed E-state index contributed by atoms with van der Waals surface area (Å²) in [6.45, 7) is 3.36. The van der Waals surface area contributed by atoms with E-state index in [9.17, 15) is 9.59 Å². The number of halogens is 1. The van der Waals surface area contributed by atoms with Gasteiger partial charge in [0, 0.05) is 9.90 Å². The Hall–Kier alpha value is -2.05. The van der Waals surface area contributed by atoms with Gasteiger partial charge in [-0.25, -0.2) is 0 Å². The molecule has 0 saturated heterocycles. The monoisotopic (exact) mass is 406 g/mol. The summed E-state index contributed by atoms with van der Waals surface area (Å²) in [5, 5.41) is 3.98. The summed E-state index contributed by atoms with van der Waals surface area (Å²) in [7, 11) is 0. The number of anilines is 1. The molecule has 0 unspecified atom stereocenters. The van der Waals surface area contributed by atoms with Crippen molar-refractivity contribution in [3.63, 3.8) is 0 Å². The average Bonchev–Trinajstić information content (AvgIpc) is 2.78. The van der Waals surface area contributed by atoms with Crippen LogP contribution in [0.4, 0.5) is 5.00 Å². The Morgan fingerprint density at radius 3 is 2.48 bits per heavy atom. The molecule has 144 valence electrons. The number of nitrogens with one attached hydrogen (secondary N) is 1. The lowest BCUT2D eigenvalue weighted by Gasteiger charge is -2.25. The van der Waals surface area contributed by atoms with Crippen molar-refractivity contribution in [3.05, 3.63) is 45.3 Å². The molecular formula is C20H23ClN2O3S. The third-order valence-corrected chi connectivity index (χ3v) is 6.09. The molecule has 5 nitrogen and oxygen atoms in total. The van der Waals surface area contributed by atoms with E-state index >= 15 is 0 Å². The van der Waals surface area contributed by atoms with Gasteiger partial charge in [0.25, 0.3) is 11.8 Å². The van der Waals surface area contributed by atoms with Gasteiger partial charge >= 0.3 is 0 Å². The normalized spacial score (nSPS) is 14.2. The van der Waals surface area contributed by atoms with Crippen LogP contribution in [0, 0.1) is 0 Å². The Kier molecular flexibility index (Phi) is 5.77. The van der Waals surface area contributed by atoms with Gasteiger partial charge in [-0.1, -0.05) is 18.0 Å². The van der Waals surface area contributed by atoms with E-state index in [-0.39, 0.29) is 5.91 Å². The molecule has 1 aliphatic rings. The fourth-order valence-electron chi connectivity index (χ4n) is 3.19. The third-order valence-electron chi connectivity index (χ3n) is 4.63. The first-order valence-electron chi connectivity index (χ1n) is 8.98. The SMILES string of the molecule is CC(C)(Oc1ccc(Cl)cc1)C(=O)Nc1sc2c(c1C(N)=O)CCCCC2. The minimum atomic E-state index is -1.13. The topological polar surface area (TPSA) is 81.4 Å². The van der Waals surface area contributed by atoms with E-state index in [1.165, 1.54) is 11.3 Å². The molecule has 0 atom stereocenters. The number of aryl methyl sites for hydroxylation is 1. The lowest BCUT2D eigenvalue weighted by Crippen LogP contribution is -2.42. The molecule has 2 amide bonds. The van der Waals surface area contributed by atoms with Gasteiger partial charge in [-0.05, 0) is 69.4 Å². The van der Waals surface area contributed by atoms with Gasteiger partial charge in [-0.2, -0.15) is 0 Å². The first-order chi connectivity index (χ1) is 12.8. The smallest absolute Gasteiger partial charge is 0.268 e. The Bertz CT molecular complexity index is 859. The average molecular weight is 407 g/mol. The van der Waals surface area contributed by atoms with Crippen molar-refractivity contribution in [2.24, 2.45) is 5.73 Å². The summed E-state index contributed by atoms with van der Waals surface area (Å²) >= 11 is 7.33. The number of carbonyl (C=O) groups excluding carboxylic acids is 2. The molecule has 3 N–H and O–H groups in total. The van der Waals surface area contributed by atoms with Crippen LogP contribution in [0.3, 0.4) is 0 Å². The van der Waals surface area contributed by atoms with Gasteiger partial charge in [0.1, 0.15) is 10.8 Å². The van der Waals surface area contributed by atoms with Crippen molar-refractivity contribution in [2.75, 3.05) is 5.32 Å². The third kappa shape index (κ3) is 4.45. The van der Waals surface area contributed by atoms with Crippen LogP contribution in [0.5, 0.6) is 5.75 Å². The van der Waals surface area contributed by atoms with Gasteiger partial charge in [-0.3, -0.25) is 9.59 Å². The summed E-state index contributed by atoms with van der Waals surface area (Å²) in [6.07, 6.45) is 5.00. The number of fused-ring (bicyclic) bond motifs is 1. The molecule has 1 heterocycles. The number of ether oxygens (including phenoxy) is 1. The van der Waals surface area contributed by atoms with Crippen LogP contribution < -0.4 is 15.8 Å². The predicted molar refractivity (Wildman–Crippen MR) is 109 cm³/mol. The van der Waals surface area contributed by atoms with E-state index in [0.29, 0.717) is 21.3 Å². The minimum Gasteiger partial charge on any atom is -0.478 e. The number of hydrogen-bond donors (Lipinski definition) is 2. The lowest BCUT2D eigenvalue weighted by atomic mass is 10.0. The molecule has 1 aliphatic carbocycles. The summed E-state index contributed by atoms with van der Waals surface area (Å²) < 4.78 is 5.83. The molecule has 2 aromatic rings. The summed E-state index contributed by atoms with van der Waals surface area (Å²) in [5.74, 6) is -0.297. The second kappa shape index (κ2) is 7.90. The Labute approximate surface area is 167 Å². The number of thiophene rings is 1. The molecule has 7 heteroatoms. The highest BCUT2D eigenvalue weighted by Crippen LogP contribution is 2.37. The van der Waals surface area contributed by atoms with Crippen LogP contribution in [0.2, 0.25) is 5.02 Å². The molecule has 1 aromatic carbocycles. The van der Waals surface area contributed by atoms with Crippen molar-refractivity contribution in [1.82, 2.24) is 0 Å². The van der Waals surface area contributed by atoms with Gasteiger partial charge in [0.15, 0.2) is 5.60 Å². The lowest BCUT2D eigenvalue weighted by molar-refractivity contribution is -0.128. The highest BCUT2D eigenvalue weighted by molar-refractivity contribution is 7.17. The van der Waals surface area contributed by atoms with Gasteiger partial charge in [0.05, 0.1) is 5.56 Å². The zero-order chi connectivity index (χ0) is 19.6. The van der Waals surface area contributed by atoms with Gasteiger partial charge < -0.3 is 15.8 Å². The van der Waals surface area contributed by atoms with E-state index < -0.39 is 11.5 Å². The van der Waals surface area contributed by atoms with Crippen molar-refractivity contribution in [1.29, 1.82) is 0 Å². The molecule has 0 spiro atoms. The fraction of sp³-hybridized carbons (Fsp3) is 0.400. The van der Waals surface area contributed by atoms with Crippen LogP contribution in [-0.4, -0.2) is 17.4 Å². The summed E-state index contributed by atoms with van der Waals surface area (Å²) in [6, 6.07) is 6.82. The summed E-state index contributed by atoms with van der Waals surface area (Å²) in [4.78, 5) is 26.1. The standard InChI is InChI=1S/C20H23ClN2O3S/c1-20(2,26-13-10-8-12(21)9-11-13)19(25)23-18-16(17(22)24)14-6-4-3-5-7-15(14)27-18/h8-11H,3-7H2,1-2H3,(H2,22,24)(H,23,25). The fourth-order valence-corrected chi connectivity index (χ4v) is 4.60. The molecule has 0 bridgehead atoms. The van der Waals surface area contributed by atoms with Crippen molar-refractivity contribution in [2.45, 2.75) is 51.6 Å². The molecule has 3 rings (SSSR count). The van der Waals surface area contributed by atoms with Crippen LogP contribution >= 0.6 is 22.9 Å². The van der Waals surface area contributed by atoms with E-state index in [2.05, 4.69) is 5.32 Å². The Morgan fingerprint density at radius 2 is 1.81 bits per heavy atom. The highest BCUT2D eigenvalue weighted by atomic mass is 35.5. The maximum Gasteiger partial charge on any atom is 0.268 e. The number of amides is 2. The molecular weight excluding hydrogens is 384 g/mol. The van der Waals surface area contributed by atoms with Gasteiger partial charge in [0.2, 0.25) is 0 Å². The number of benzene rings is 1. The first kappa shape index (κ1) is 19.7. The van der Waals surface area contributed by atoms with Crippen LogP contribution in [-0.2, 0) is 17.6 Å². The van der Waals surface area contributed by atoms with Crippen molar-refractivity contribution < 1.29 is 14.3 Å². The van der Waals surface area contributed by atoms with Gasteiger partial charge in [-0.15, -0.1) is 11.3 Å². The largest absolute Gasteiger partial charge is 0.478 e. The number of nitrogens with two attached hydrogens (primary N) is 1. The van der Waals surface area contributed by atoms with E-state index in [1.807, 2.05) is 0 Å². The van der Waals surface area contributed by atoms with E-state index in [1.54, 1.807) is 38.1 Å². The molecule has 0 saturated carbocycles.